The first-order chi connectivity index (χ1) is 11.6. The summed E-state index contributed by atoms with van der Waals surface area (Å²) in [6, 6.07) is 8.96. The molecule has 1 aromatic carbocycles. The predicted octanol–water partition coefficient (Wildman–Crippen LogP) is 2.52. The van der Waals surface area contributed by atoms with Gasteiger partial charge in [-0.05, 0) is 30.3 Å². The van der Waals surface area contributed by atoms with Crippen molar-refractivity contribution in [2.45, 2.75) is 6.54 Å². The number of hydrogen-bond donors (Lipinski definition) is 1. The second-order valence-corrected chi connectivity index (χ2v) is 6.51. The van der Waals surface area contributed by atoms with E-state index < -0.39 is 0 Å². The first kappa shape index (κ1) is 19.5. The number of nitrogens with two attached hydrogens (primary N) is 1. The van der Waals surface area contributed by atoms with E-state index in [1.54, 1.807) is 28.0 Å². The summed E-state index contributed by atoms with van der Waals surface area (Å²) in [6.45, 7) is 2.31. The number of furan rings is 1. The number of hydrogen-bond acceptors (Lipinski definition) is 4. The van der Waals surface area contributed by atoms with Crippen molar-refractivity contribution in [3.8, 4) is 0 Å². The largest absolute Gasteiger partial charge is 0.467 e. The topological polar surface area (TPSA) is 79.8 Å². The van der Waals surface area contributed by atoms with Gasteiger partial charge in [-0.3, -0.25) is 9.59 Å². The van der Waals surface area contributed by atoms with Crippen LogP contribution in [-0.2, 0) is 6.54 Å². The molecule has 8 heteroatoms. The van der Waals surface area contributed by atoms with Gasteiger partial charge in [-0.15, -0.1) is 12.4 Å². The van der Waals surface area contributed by atoms with Gasteiger partial charge in [-0.2, -0.15) is 0 Å². The van der Waals surface area contributed by atoms with Gasteiger partial charge in [0, 0.05) is 36.2 Å². The zero-order valence-corrected chi connectivity index (χ0v) is 15.9. The lowest BCUT2D eigenvalue weighted by Gasteiger charge is -2.34. The van der Waals surface area contributed by atoms with Crippen LogP contribution in [0.25, 0.3) is 0 Å². The molecule has 1 aliphatic rings. The number of halogens is 2. The zero-order valence-electron chi connectivity index (χ0n) is 13.5. The van der Waals surface area contributed by atoms with Gasteiger partial charge in [0.1, 0.15) is 12.0 Å². The van der Waals surface area contributed by atoms with Crippen LogP contribution in [-0.4, -0.2) is 47.8 Å². The summed E-state index contributed by atoms with van der Waals surface area (Å²) in [4.78, 5) is 28.4. The monoisotopic (exact) mass is 427 g/mol. The maximum Gasteiger partial charge on any atom is 0.257 e. The average molecular weight is 429 g/mol. The number of carbonyl (C=O) groups excluding carboxylic acids is 2. The molecule has 0 atom stereocenters. The van der Waals surface area contributed by atoms with Gasteiger partial charge >= 0.3 is 0 Å². The fraction of sp³-hybridized carbons (Fsp3) is 0.294. The van der Waals surface area contributed by atoms with E-state index in [0.717, 1.165) is 4.47 Å². The van der Waals surface area contributed by atoms with Gasteiger partial charge in [0.2, 0.25) is 0 Å². The molecular formula is C17H19BrClN3O3. The molecule has 1 aliphatic heterocycles. The lowest BCUT2D eigenvalue weighted by atomic mass is 10.1. The summed E-state index contributed by atoms with van der Waals surface area (Å²) in [5, 5.41) is 0. The highest BCUT2D eigenvalue weighted by atomic mass is 79.9. The van der Waals surface area contributed by atoms with E-state index in [4.69, 9.17) is 10.2 Å². The lowest BCUT2D eigenvalue weighted by Crippen LogP contribution is -2.50. The normalized spacial score (nSPS) is 14.2. The van der Waals surface area contributed by atoms with Crippen LogP contribution in [0.3, 0.4) is 0 Å². The van der Waals surface area contributed by atoms with Gasteiger partial charge in [0.15, 0.2) is 0 Å². The maximum atomic E-state index is 12.5. The number of rotatable bonds is 3. The first-order valence-electron chi connectivity index (χ1n) is 7.70. The van der Waals surface area contributed by atoms with Gasteiger partial charge in [-0.1, -0.05) is 15.9 Å². The molecule has 6 nitrogen and oxygen atoms in total. The third kappa shape index (κ3) is 4.42. The van der Waals surface area contributed by atoms with Crippen molar-refractivity contribution in [1.29, 1.82) is 0 Å². The number of carbonyl (C=O) groups is 2. The summed E-state index contributed by atoms with van der Waals surface area (Å²) >= 11 is 3.36. The molecule has 0 bridgehead atoms. The molecule has 2 N–H and O–H groups in total. The summed E-state index contributed by atoms with van der Waals surface area (Å²) < 4.78 is 6.15. The van der Waals surface area contributed by atoms with Gasteiger partial charge in [-0.25, -0.2) is 0 Å². The first-order valence-corrected chi connectivity index (χ1v) is 8.49. The lowest BCUT2D eigenvalue weighted by molar-refractivity contribution is 0.0535. The summed E-state index contributed by atoms with van der Waals surface area (Å²) in [7, 11) is 0. The van der Waals surface area contributed by atoms with Crippen molar-refractivity contribution in [3.05, 3.63) is 58.0 Å². The van der Waals surface area contributed by atoms with Crippen LogP contribution >= 0.6 is 28.3 Å². The van der Waals surface area contributed by atoms with E-state index in [2.05, 4.69) is 15.9 Å². The zero-order chi connectivity index (χ0) is 17.1. The van der Waals surface area contributed by atoms with Crippen LogP contribution in [0.5, 0.6) is 0 Å². The maximum absolute atomic E-state index is 12.5. The smallest absolute Gasteiger partial charge is 0.257 e. The van der Waals surface area contributed by atoms with E-state index in [1.165, 1.54) is 6.26 Å². The van der Waals surface area contributed by atoms with Crippen molar-refractivity contribution >= 4 is 40.2 Å². The standard InChI is InChI=1S/C17H18BrN3O3.ClH/c18-14-3-1-12(2-4-14)16(22)20-5-7-21(8-6-20)17(23)13-9-15(10-19)24-11-13;/h1-4,9,11H,5-8,10,19H2;1H. The highest BCUT2D eigenvalue weighted by molar-refractivity contribution is 9.10. The Balaban J connectivity index is 0.00000225. The molecular weight excluding hydrogens is 410 g/mol. The van der Waals surface area contributed by atoms with Crippen molar-refractivity contribution in [2.24, 2.45) is 5.73 Å². The Morgan fingerprint density at radius 2 is 1.52 bits per heavy atom. The molecule has 0 radical (unpaired) electrons. The number of piperazine rings is 1. The van der Waals surface area contributed by atoms with Crippen LogP contribution in [0.2, 0.25) is 0 Å². The Morgan fingerprint density at radius 1 is 1.00 bits per heavy atom. The summed E-state index contributed by atoms with van der Waals surface area (Å²) in [5.41, 5.74) is 6.65. The van der Waals surface area contributed by atoms with Crippen LogP contribution in [0.15, 0.2) is 45.5 Å². The highest BCUT2D eigenvalue weighted by Gasteiger charge is 2.26. The SMILES string of the molecule is Cl.NCc1cc(C(=O)N2CCN(C(=O)c3ccc(Br)cc3)CC2)co1. The second-order valence-electron chi connectivity index (χ2n) is 5.60. The Morgan fingerprint density at radius 3 is 2.00 bits per heavy atom. The van der Waals surface area contributed by atoms with E-state index in [9.17, 15) is 9.59 Å². The molecule has 2 heterocycles. The van der Waals surface area contributed by atoms with Crippen molar-refractivity contribution < 1.29 is 14.0 Å². The molecule has 25 heavy (non-hydrogen) atoms. The fourth-order valence-electron chi connectivity index (χ4n) is 2.67. The fourth-order valence-corrected chi connectivity index (χ4v) is 2.93. The molecule has 3 rings (SSSR count). The molecule has 0 spiro atoms. The Bertz CT molecular complexity index is 740. The molecule has 2 aromatic rings. The average Bonchev–Trinajstić information content (AvgIpc) is 3.10. The molecule has 1 aromatic heterocycles. The minimum absolute atomic E-state index is 0. The quantitative estimate of drug-likeness (QED) is 0.815. The van der Waals surface area contributed by atoms with E-state index in [1.807, 2.05) is 12.1 Å². The minimum atomic E-state index is -0.0887. The van der Waals surface area contributed by atoms with Gasteiger partial charge < -0.3 is 20.0 Å². The van der Waals surface area contributed by atoms with E-state index >= 15 is 0 Å². The second kappa shape index (κ2) is 8.51. The van der Waals surface area contributed by atoms with Gasteiger partial charge in [0.05, 0.1) is 12.1 Å². The Hall–Kier alpha value is -1.83. The van der Waals surface area contributed by atoms with E-state index in [-0.39, 0.29) is 30.8 Å². The van der Waals surface area contributed by atoms with Crippen LogP contribution < -0.4 is 5.73 Å². The molecule has 134 valence electrons. The molecule has 0 unspecified atom stereocenters. The molecule has 0 saturated carbocycles. The Kier molecular flexibility index (Phi) is 6.64. The summed E-state index contributed by atoms with van der Waals surface area (Å²) in [5.74, 6) is 0.486. The number of amides is 2. The Labute approximate surface area is 160 Å². The summed E-state index contributed by atoms with van der Waals surface area (Å²) in [6.07, 6.45) is 1.43. The van der Waals surface area contributed by atoms with Crippen molar-refractivity contribution in [1.82, 2.24) is 9.80 Å². The molecule has 1 fully saturated rings. The van der Waals surface area contributed by atoms with Gasteiger partial charge in [0.25, 0.3) is 11.8 Å². The molecule has 0 aliphatic carbocycles. The molecule has 2 amide bonds. The van der Waals surface area contributed by atoms with Crippen LogP contribution in [0.1, 0.15) is 26.5 Å². The van der Waals surface area contributed by atoms with Crippen molar-refractivity contribution in [3.63, 3.8) is 0 Å². The van der Waals surface area contributed by atoms with Crippen molar-refractivity contribution in [2.75, 3.05) is 26.2 Å². The molecule has 1 saturated heterocycles. The van der Waals surface area contributed by atoms with Crippen LogP contribution in [0, 0.1) is 0 Å². The third-order valence-corrected chi connectivity index (χ3v) is 4.58. The number of nitrogens with zero attached hydrogens (tertiary/aromatic N) is 2. The van der Waals surface area contributed by atoms with Crippen LogP contribution in [0.4, 0.5) is 0 Å². The highest BCUT2D eigenvalue weighted by Crippen LogP contribution is 2.15. The minimum Gasteiger partial charge on any atom is -0.467 e. The number of benzene rings is 1. The van der Waals surface area contributed by atoms with E-state index in [0.29, 0.717) is 43.1 Å². The third-order valence-electron chi connectivity index (χ3n) is 4.05. The predicted molar refractivity (Wildman–Crippen MR) is 99.8 cm³/mol.